The van der Waals surface area contributed by atoms with Gasteiger partial charge in [0.05, 0.1) is 10.9 Å². The fourth-order valence-corrected chi connectivity index (χ4v) is 2.34. The molecule has 0 spiro atoms. The average molecular weight is 291 g/mol. The predicted molar refractivity (Wildman–Crippen MR) is 71.1 cm³/mol. The van der Waals surface area contributed by atoms with E-state index in [-0.39, 0.29) is 12.5 Å². The van der Waals surface area contributed by atoms with Crippen molar-refractivity contribution >= 4 is 34.9 Å². The van der Waals surface area contributed by atoms with Crippen LogP contribution in [-0.2, 0) is 11.3 Å². The Morgan fingerprint density at radius 3 is 2.78 bits per heavy atom. The minimum absolute atomic E-state index is 0.0676. The molecule has 1 aromatic rings. The number of rotatable bonds is 6. The van der Waals surface area contributed by atoms with Crippen LogP contribution in [0.5, 0.6) is 0 Å². The monoisotopic (exact) mass is 290 g/mol. The Balaban J connectivity index is 2.25. The molecular formula is C11H15ClN2O3S. The minimum atomic E-state index is -0.850. The SMILES string of the molecule is CN(CCCC(=O)O)C(=O)NCc1ccc(Cl)s1. The maximum absolute atomic E-state index is 11.6. The van der Waals surface area contributed by atoms with E-state index in [0.29, 0.717) is 23.8 Å². The standard InChI is InChI=1S/C11H15ClN2O3S/c1-14(6-2-3-10(15)16)11(17)13-7-8-4-5-9(12)18-8/h4-5H,2-3,6-7H2,1H3,(H,13,17)(H,15,16). The number of hydrogen-bond acceptors (Lipinski definition) is 3. The van der Waals surface area contributed by atoms with E-state index in [2.05, 4.69) is 5.32 Å². The summed E-state index contributed by atoms with van der Waals surface area (Å²) in [6, 6.07) is 3.42. The lowest BCUT2D eigenvalue weighted by molar-refractivity contribution is -0.137. The van der Waals surface area contributed by atoms with Crippen molar-refractivity contribution in [3.8, 4) is 0 Å². The quantitative estimate of drug-likeness (QED) is 0.845. The van der Waals surface area contributed by atoms with E-state index < -0.39 is 5.97 Å². The van der Waals surface area contributed by atoms with Crippen LogP contribution in [0.2, 0.25) is 4.34 Å². The summed E-state index contributed by atoms with van der Waals surface area (Å²) in [4.78, 5) is 24.4. The molecule has 2 N–H and O–H groups in total. The number of thiophene rings is 1. The molecule has 18 heavy (non-hydrogen) atoms. The number of nitrogens with zero attached hydrogens (tertiary/aromatic N) is 1. The molecule has 7 heteroatoms. The Morgan fingerprint density at radius 1 is 1.50 bits per heavy atom. The van der Waals surface area contributed by atoms with Crippen LogP contribution < -0.4 is 5.32 Å². The van der Waals surface area contributed by atoms with Crippen LogP contribution in [0.4, 0.5) is 4.79 Å². The van der Waals surface area contributed by atoms with Gasteiger partial charge in [-0.25, -0.2) is 4.79 Å². The van der Waals surface area contributed by atoms with Gasteiger partial charge in [0.25, 0.3) is 0 Å². The molecule has 0 aliphatic carbocycles. The van der Waals surface area contributed by atoms with E-state index in [1.165, 1.54) is 16.2 Å². The largest absolute Gasteiger partial charge is 0.481 e. The van der Waals surface area contributed by atoms with Gasteiger partial charge in [0.15, 0.2) is 0 Å². The normalized spacial score (nSPS) is 10.1. The first-order valence-corrected chi connectivity index (χ1v) is 6.63. The van der Waals surface area contributed by atoms with Crippen LogP contribution in [0.3, 0.4) is 0 Å². The molecule has 2 amide bonds. The lowest BCUT2D eigenvalue weighted by atomic mass is 10.3. The minimum Gasteiger partial charge on any atom is -0.481 e. The van der Waals surface area contributed by atoms with Crippen LogP contribution >= 0.6 is 22.9 Å². The third-order valence-corrected chi connectivity index (χ3v) is 3.50. The molecule has 0 saturated heterocycles. The van der Waals surface area contributed by atoms with Crippen LogP contribution in [0.25, 0.3) is 0 Å². The number of nitrogens with one attached hydrogen (secondary N) is 1. The van der Waals surface area contributed by atoms with Crippen molar-refractivity contribution in [1.82, 2.24) is 10.2 Å². The van der Waals surface area contributed by atoms with Gasteiger partial charge in [0.1, 0.15) is 0 Å². The Kier molecular flexibility index (Phi) is 5.94. The van der Waals surface area contributed by atoms with Crippen molar-refractivity contribution in [2.75, 3.05) is 13.6 Å². The summed E-state index contributed by atoms with van der Waals surface area (Å²) in [5.74, 6) is -0.850. The number of carbonyl (C=O) groups excluding carboxylic acids is 1. The Labute approximate surface area is 114 Å². The second-order valence-electron chi connectivity index (χ2n) is 3.78. The molecule has 1 heterocycles. The molecule has 0 aromatic carbocycles. The first-order chi connectivity index (χ1) is 8.49. The summed E-state index contributed by atoms with van der Waals surface area (Å²) < 4.78 is 0.689. The molecule has 100 valence electrons. The van der Waals surface area contributed by atoms with Gasteiger partial charge in [-0.15, -0.1) is 11.3 Å². The maximum atomic E-state index is 11.6. The van der Waals surface area contributed by atoms with Crippen molar-refractivity contribution in [2.45, 2.75) is 19.4 Å². The third kappa shape index (κ3) is 5.37. The third-order valence-electron chi connectivity index (χ3n) is 2.27. The molecular weight excluding hydrogens is 276 g/mol. The van der Waals surface area contributed by atoms with Crippen molar-refractivity contribution < 1.29 is 14.7 Å². The highest BCUT2D eigenvalue weighted by atomic mass is 35.5. The summed E-state index contributed by atoms with van der Waals surface area (Å²) in [6.45, 7) is 0.850. The van der Waals surface area contributed by atoms with Gasteiger partial charge in [-0.2, -0.15) is 0 Å². The summed E-state index contributed by atoms with van der Waals surface area (Å²) in [5.41, 5.74) is 0. The van der Waals surface area contributed by atoms with Gasteiger partial charge >= 0.3 is 12.0 Å². The maximum Gasteiger partial charge on any atom is 0.317 e. The van der Waals surface area contributed by atoms with Crippen LogP contribution in [-0.4, -0.2) is 35.6 Å². The van der Waals surface area contributed by atoms with Crippen LogP contribution in [0.1, 0.15) is 17.7 Å². The second-order valence-corrected chi connectivity index (χ2v) is 5.58. The average Bonchev–Trinajstić information content (AvgIpc) is 2.71. The van der Waals surface area contributed by atoms with Gasteiger partial charge in [-0.1, -0.05) is 11.6 Å². The zero-order valence-electron chi connectivity index (χ0n) is 9.98. The van der Waals surface area contributed by atoms with E-state index in [4.69, 9.17) is 16.7 Å². The lowest BCUT2D eigenvalue weighted by Crippen LogP contribution is -2.37. The summed E-state index contributed by atoms with van der Waals surface area (Å²) in [6.07, 6.45) is 0.516. The van der Waals surface area contributed by atoms with E-state index in [9.17, 15) is 9.59 Å². The highest BCUT2D eigenvalue weighted by molar-refractivity contribution is 7.16. The number of amides is 2. The number of urea groups is 1. The Bertz CT molecular complexity index is 422. The van der Waals surface area contributed by atoms with Gasteiger partial charge in [-0.3, -0.25) is 4.79 Å². The predicted octanol–water partition coefficient (Wildman–Crippen LogP) is 2.41. The first kappa shape index (κ1) is 14.8. The lowest BCUT2D eigenvalue weighted by Gasteiger charge is -2.17. The van der Waals surface area contributed by atoms with Crippen molar-refractivity contribution in [3.63, 3.8) is 0 Å². The molecule has 0 unspecified atom stereocenters. The highest BCUT2D eigenvalue weighted by Gasteiger charge is 2.09. The fraction of sp³-hybridized carbons (Fsp3) is 0.455. The Hall–Kier alpha value is -1.27. The molecule has 0 radical (unpaired) electrons. The summed E-state index contributed by atoms with van der Waals surface area (Å²) in [7, 11) is 1.64. The molecule has 0 atom stereocenters. The second kappa shape index (κ2) is 7.23. The summed E-state index contributed by atoms with van der Waals surface area (Å²) >= 11 is 7.19. The topological polar surface area (TPSA) is 69.6 Å². The van der Waals surface area contributed by atoms with Gasteiger partial charge in [-0.05, 0) is 18.6 Å². The number of hydrogen-bond donors (Lipinski definition) is 2. The van der Waals surface area contributed by atoms with Gasteiger partial charge < -0.3 is 15.3 Å². The smallest absolute Gasteiger partial charge is 0.317 e. The van der Waals surface area contributed by atoms with E-state index >= 15 is 0 Å². The molecule has 0 fully saturated rings. The Morgan fingerprint density at radius 2 is 2.22 bits per heavy atom. The van der Waals surface area contributed by atoms with Crippen molar-refractivity contribution in [1.29, 1.82) is 0 Å². The number of aliphatic carboxylic acids is 1. The fourth-order valence-electron chi connectivity index (χ4n) is 1.31. The molecule has 1 aromatic heterocycles. The van der Waals surface area contributed by atoms with E-state index in [1.54, 1.807) is 13.1 Å². The molecule has 1 rings (SSSR count). The number of carbonyl (C=O) groups is 2. The summed E-state index contributed by atoms with van der Waals surface area (Å²) in [5, 5.41) is 11.2. The molecule has 0 aliphatic heterocycles. The van der Waals surface area contributed by atoms with Gasteiger partial charge in [0, 0.05) is 24.9 Å². The van der Waals surface area contributed by atoms with E-state index in [0.717, 1.165) is 4.88 Å². The van der Waals surface area contributed by atoms with Crippen LogP contribution in [0, 0.1) is 0 Å². The van der Waals surface area contributed by atoms with Crippen molar-refractivity contribution in [3.05, 3.63) is 21.3 Å². The van der Waals surface area contributed by atoms with Crippen molar-refractivity contribution in [2.24, 2.45) is 0 Å². The molecule has 0 saturated carbocycles. The number of carboxylic acids is 1. The molecule has 0 aliphatic rings. The zero-order valence-corrected chi connectivity index (χ0v) is 11.6. The van der Waals surface area contributed by atoms with Crippen LogP contribution in [0.15, 0.2) is 12.1 Å². The first-order valence-electron chi connectivity index (χ1n) is 5.44. The zero-order chi connectivity index (χ0) is 13.5. The molecule has 5 nitrogen and oxygen atoms in total. The highest BCUT2D eigenvalue weighted by Crippen LogP contribution is 2.20. The number of halogens is 1. The van der Waals surface area contributed by atoms with E-state index in [1.807, 2.05) is 6.07 Å². The number of carboxylic acid groups (broad SMARTS) is 1. The molecule has 0 bridgehead atoms. The van der Waals surface area contributed by atoms with Gasteiger partial charge in [0.2, 0.25) is 0 Å².